The van der Waals surface area contributed by atoms with Crippen molar-refractivity contribution in [2.24, 2.45) is 0 Å². The van der Waals surface area contributed by atoms with Gasteiger partial charge in [-0.25, -0.2) is 4.98 Å². The lowest BCUT2D eigenvalue weighted by atomic mass is 10.1. The molecular weight excluding hydrogens is 264 g/mol. The predicted octanol–water partition coefficient (Wildman–Crippen LogP) is 2.06. The fraction of sp³-hybridized carbons (Fsp3) is 0.375. The summed E-state index contributed by atoms with van der Waals surface area (Å²) in [4.78, 5) is 10.5. The van der Waals surface area contributed by atoms with E-state index in [0.29, 0.717) is 5.95 Å². The summed E-state index contributed by atoms with van der Waals surface area (Å²) in [6.07, 6.45) is 3.76. The van der Waals surface area contributed by atoms with E-state index in [1.807, 2.05) is 19.2 Å². The fourth-order valence-corrected chi connectivity index (χ4v) is 2.74. The second kappa shape index (κ2) is 5.60. The number of hydrogen-bond donors (Lipinski definition) is 1. The Hall–Kier alpha value is -2.30. The second-order valence-electron chi connectivity index (χ2n) is 5.36. The van der Waals surface area contributed by atoms with Gasteiger partial charge in [0.15, 0.2) is 0 Å². The van der Waals surface area contributed by atoms with E-state index in [2.05, 4.69) is 33.9 Å². The number of hydrogen-bond acceptors (Lipinski definition) is 5. The molecule has 2 heterocycles. The normalized spacial score (nSPS) is 16.4. The van der Waals surface area contributed by atoms with E-state index in [4.69, 9.17) is 10.5 Å². The summed E-state index contributed by atoms with van der Waals surface area (Å²) in [7, 11) is 2.02. The van der Waals surface area contributed by atoms with Crippen LogP contribution in [-0.4, -0.2) is 29.7 Å². The molecule has 1 atom stereocenters. The number of fused-ring (bicyclic) bond motifs is 1. The van der Waals surface area contributed by atoms with Crippen LogP contribution in [-0.2, 0) is 12.8 Å². The molecule has 5 nitrogen and oxygen atoms in total. The highest BCUT2D eigenvalue weighted by atomic mass is 16.5. The number of benzene rings is 1. The Morgan fingerprint density at radius 2 is 2.19 bits per heavy atom. The Kier molecular flexibility index (Phi) is 3.64. The third-order valence-corrected chi connectivity index (χ3v) is 3.79. The minimum atomic E-state index is 0.147. The number of para-hydroxylation sites is 1. The smallest absolute Gasteiger partial charge is 0.221 e. The number of aromatic nitrogens is 2. The summed E-state index contributed by atoms with van der Waals surface area (Å²) in [6, 6.07) is 8.20. The van der Waals surface area contributed by atoms with Gasteiger partial charge in [-0.1, -0.05) is 25.1 Å². The van der Waals surface area contributed by atoms with Crippen molar-refractivity contribution in [3.8, 4) is 5.75 Å². The lowest BCUT2D eigenvalue weighted by Crippen LogP contribution is -2.33. The van der Waals surface area contributed by atoms with Crippen molar-refractivity contribution in [2.75, 3.05) is 24.2 Å². The molecule has 0 spiro atoms. The Bertz CT molecular complexity index is 619. The zero-order valence-electron chi connectivity index (χ0n) is 12.4. The SMILES string of the molecule is CCc1cnc(N)nc1N(C)CC1Cc2ccccc2O1. The minimum absolute atomic E-state index is 0.147. The number of likely N-dealkylation sites (N-methyl/N-ethyl adjacent to an activating group) is 1. The summed E-state index contributed by atoms with van der Waals surface area (Å²) in [5.74, 6) is 2.20. The van der Waals surface area contributed by atoms with E-state index < -0.39 is 0 Å². The van der Waals surface area contributed by atoms with Crippen molar-refractivity contribution in [1.29, 1.82) is 0 Å². The zero-order valence-corrected chi connectivity index (χ0v) is 12.4. The van der Waals surface area contributed by atoms with Crippen LogP contribution in [0.2, 0.25) is 0 Å². The topological polar surface area (TPSA) is 64.3 Å². The van der Waals surface area contributed by atoms with Gasteiger partial charge in [0.25, 0.3) is 0 Å². The van der Waals surface area contributed by atoms with E-state index in [1.54, 1.807) is 6.20 Å². The van der Waals surface area contributed by atoms with E-state index >= 15 is 0 Å². The first-order valence-corrected chi connectivity index (χ1v) is 7.24. The van der Waals surface area contributed by atoms with Gasteiger partial charge < -0.3 is 15.4 Å². The lowest BCUT2D eigenvalue weighted by Gasteiger charge is -2.23. The maximum Gasteiger partial charge on any atom is 0.221 e. The van der Waals surface area contributed by atoms with Crippen LogP contribution in [0.1, 0.15) is 18.1 Å². The van der Waals surface area contributed by atoms with Gasteiger partial charge in [0.05, 0.1) is 6.54 Å². The molecule has 0 amide bonds. The van der Waals surface area contributed by atoms with Gasteiger partial charge in [-0.15, -0.1) is 0 Å². The molecule has 21 heavy (non-hydrogen) atoms. The molecule has 0 saturated carbocycles. The molecule has 0 aliphatic carbocycles. The van der Waals surface area contributed by atoms with E-state index in [9.17, 15) is 0 Å². The number of nitrogens with two attached hydrogens (primary N) is 1. The Labute approximate surface area is 124 Å². The van der Waals surface area contributed by atoms with Crippen LogP contribution in [0.3, 0.4) is 0 Å². The summed E-state index contributed by atoms with van der Waals surface area (Å²) in [5.41, 5.74) is 8.09. The number of nitrogens with zero attached hydrogens (tertiary/aromatic N) is 3. The van der Waals surface area contributed by atoms with Gasteiger partial charge in [0.2, 0.25) is 5.95 Å². The number of rotatable bonds is 4. The van der Waals surface area contributed by atoms with Crippen LogP contribution in [0, 0.1) is 0 Å². The number of aryl methyl sites for hydroxylation is 1. The molecular formula is C16H20N4O. The first-order valence-electron chi connectivity index (χ1n) is 7.24. The fourth-order valence-electron chi connectivity index (χ4n) is 2.74. The maximum atomic E-state index is 5.99. The van der Waals surface area contributed by atoms with Crippen LogP contribution in [0.15, 0.2) is 30.5 Å². The van der Waals surface area contributed by atoms with Crippen molar-refractivity contribution < 1.29 is 4.74 Å². The van der Waals surface area contributed by atoms with Crippen molar-refractivity contribution in [2.45, 2.75) is 25.9 Å². The molecule has 110 valence electrons. The monoisotopic (exact) mass is 284 g/mol. The highest BCUT2D eigenvalue weighted by Gasteiger charge is 2.24. The molecule has 1 aliphatic heterocycles. The molecule has 1 unspecified atom stereocenters. The quantitative estimate of drug-likeness (QED) is 0.931. The Morgan fingerprint density at radius 1 is 1.38 bits per heavy atom. The first-order chi connectivity index (χ1) is 10.2. The van der Waals surface area contributed by atoms with Gasteiger partial charge in [0, 0.05) is 25.2 Å². The average Bonchev–Trinajstić information content (AvgIpc) is 2.89. The van der Waals surface area contributed by atoms with Crippen LogP contribution in [0.4, 0.5) is 11.8 Å². The average molecular weight is 284 g/mol. The molecule has 2 aromatic rings. The molecule has 0 fully saturated rings. The molecule has 1 aromatic carbocycles. The third-order valence-electron chi connectivity index (χ3n) is 3.79. The van der Waals surface area contributed by atoms with Crippen molar-refractivity contribution in [1.82, 2.24) is 9.97 Å². The summed E-state index contributed by atoms with van der Waals surface area (Å²) < 4.78 is 5.99. The largest absolute Gasteiger partial charge is 0.488 e. The third kappa shape index (κ3) is 2.77. The number of nitrogen functional groups attached to an aromatic ring is 1. The molecule has 2 N–H and O–H groups in total. The number of ether oxygens (including phenoxy) is 1. The van der Waals surface area contributed by atoms with Crippen molar-refractivity contribution in [3.05, 3.63) is 41.6 Å². The first kappa shape index (κ1) is 13.7. The van der Waals surface area contributed by atoms with Crippen molar-refractivity contribution >= 4 is 11.8 Å². The molecule has 1 aromatic heterocycles. The molecule has 5 heteroatoms. The van der Waals surface area contributed by atoms with Gasteiger partial charge in [-0.05, 0) is 18.1 Å². The van der Waals surface area contributed by atoms with E-state index in [-0.39, 0.29) is 6.10 Å². The lowest BCUT2D eigenvalue weighted by molar-refractivity contribution is 0.239. The highest BCUT2D eigenvalue weighted by Crippen LogP contribution is 2.29. The van der Waals surface area contributed by atoms with Gasteiger partial charge >= 0.3 is 0 Å². The Balaban J connectivity index is 1.73. The minimum Gasteiger partial charge on any atom is -0.488 e. The van der Waals surface area contributed by atoms with Crippen LogP contribution < -0.4 is 15.4 Å². The van der Waals surface area contributed by atoms with Crippen molar-refractivity contribution in [3.63, 3.8) is 0 Å². The Morgan fingerprint density at radius 3 is 2.95 bits per heavy atom. The number of anilines is 2. The van der Waals surface area contributed by atoms with Crippen LogP contribution >= 0.6 is 0 Å². The molecule has 0 saturated heterocycles. The predicted molar refractivity (Wildman–Crippen MR) is 83.7 cm³/mol. The second-order valence-corrected chi connectivity index (χ2v) is 5.36. The summed E-state index contributed by atoms with van der Waals surface area (Å²) in [6.45, 7) is 2.87. The van der Waals surface area contributed by atoms with Gasteiger partial charge in [-0.3, -0.25) is 0 Å². The van der Waals surface area contributed by atoms with Crippen LogP contribution in [0.25, 0.3) is 0 Å². The van der Waals surface area contributed by atoms with E-state index in [0.717, 1.165) is 36.5 Å². The van der Waals surface area contributed by atoms with Gasteiger partial charge in [-0.2, -0.15) is 4.98 Å². The maximum absolute atomic E-state index is 5.99. The molecule has 3 rings (SSSR count). The molecule has 1 aliphatic rings. The standard InChI is InChI=1S/C16H20N4O/c1-3-11-9-18-16(17)19-15(11)20(2)10-13-8-12-6-4-5-7-14(12)21-13/h4-7,9,13H,3,8,10H2,1-2H3,(H2,17,18,19). The summed E-state index contributed by atoms with van der Waals surface area (Å²) in [5, 5.41) is 0. The summed E-state index contributed by atoms with van der Waals surface area (Å²) >= 11 is 0. The zero-order chi connectivity index (χ0) is 14.8. The van der Waals surface area contributed by atoms with Crippen LogP contribution in [0.5, 0.6) is 5.75 Å². The van der Waals surface area contributed by atoms with Gasteiger partial charge in [0.1, 0.15) is 17.7 Å². The highest BCUT2D eigenvalue weighted by molar-refractivity contribution is 5.48. The molecule has 0 radical (unpaired) electrons. The molecule has 0 bridgehead atoms. The van der Waals surface area contributed by atoms with E-state index in [1.165, 1.54) is 5.56 Å².